The zero-order valence-electron chi connectivity index (χ0n) is 7.54. The van der Waals surface area contributed by atoms with Crippen LogP contribution < -0.4 is 5.32 Å². The molecule has 0 radical (unpaired) electrons. The standard InChI is InChI=1S/C8H7Cl2N5/c9-7-1-6(8(10)15-14-7)12-3-5-2-11-4-13-5/h1-2,4H,3H2,(H,11,13)(H,12,14). The van der Waals surface area contributed by atoms with Crippen LogP contribution in [0.15, 0.2) is 18.6 Å². The van der Waals surface area contributed by atoms with E-state index in [-0.39, 0.29) is 0 Å². The predicted octanol–water partition coefficient (Wildman–Crippen LogP) is 2.12. The first-order valence-electron chi connectivity index (χ1n) is 4.15. The van der Waals surface area contributed by atoms with E-state index in [0.29, 0.717) is 22.5 Å². The Morgan fingerprint density at radius 3 is 2.93 bits per heavy atom. The first-order chi connectivity index (χ1) is 7.25. The van der Waals surface area contributed by atoms with Crippen molar-refractivity contribution >= 4 is 28.9 Å². The van der Waals surface area contributed by atoms with Gasteiger partial charge in [0.05, 0.1) is 24.3 Å². The van der Waals surface area contributed by atoms with Crippen LogP contribution in [0.5, 0.6) is 0 Å². The van der Waals surface area contributed by atoms with E-state index in [4.69, 9.17) is 23.2 Å². The average molecular weight is 244 g/mol. The van der Waals surface area contributed by atoms with Gasteiger partial charge in [-0.1, -0.05) is 23.2 Å². The molecule has 0 aliphatic heterocycles. The number of rotatable bonds is 3. The molecule has 0 bridgehead atoms. The molecule has 7 heteroatoms. The fraction of sp³-hybridized carbons (Fsp3) is 0.125. The average Bonchev–Trinajstić information content (AvgIpc) is 2.72. The molecular formula is C8H7Cl2N5. The molecule has 5 nitrogen and oxygen atoms in total. The Kier molecular flexibility index (Phi) is 3.03. The van der Waals surface area contributed by atoms with Gasteiger partial charge in [-0.2, -0.15) is 0 Å². The van der Waals surface area contributed by atoms with Gasteiger partial charge in [0.1, 0.15) is 0 Å². The number of imidazole rings is 1. The second-order valence-electron chi connectivity index (χ2n) is 2.80. The molecule has 0 aliphatic carbocycles. The van der Waals surface area contributed by atoms with Crippen LogP contribution in [0, 0.1) is 0 Å². The summed E-state index contributed by atoms with van der Waals surface area (Å²) in [4.78, 5) is 6.85. The summed E-state index contributed by atoms with van der Waals surface area (Å²) in [6.45, 7) is 0.571. The smallest absolute Gasteiger partial charge is 0.174 e. The molecule has 0 fully saturated rings. The van der Waals surface area contributed by atoms with Crippen molar-refractivity contribution in [3.8, 4) is 0 Å². The molecule has 2 heterocycles. The molecule has 0 aromatic carbocycles. The third-order valence-corrected chi connectivity index (χ3v) is 2.21. The molecule has 0 spiro atoms. The van der Waals surface area contributed by atoms with Crippen molar-refractivity contribution in [1.82, 2.24) is 20.2 Å². The minimum absolute atomic E-state index is 0.291. The van der Waals surface area contributed by atoms with Gasteiger partial charge >= 0.3 is 0 Å². The van der Waals surface area contributed by atoms with Crippen LogP contribution in [0.1, 0.15) is 5.69 Å². The third-order valence-electron chi connectivity index (χ3n) is 1.74. The van der Waals surface area contributed by atoms with E-state index in [1.165, 1.54) is 0 Å². The highest BCUT2D eigenvalue weighted by atomic mass is 35.5. The van der Waals surface area contributed by atoms with Gasteiger partial charge in [0, 0.05) is 12.3 Å². The second kappa shape index (κ2) is 4.46. The van der Waals surface area contributed by atoms with Crippen molar-refractivity contribution in [2.24, 2.45) is 0 Å². The van der Waals surface area contributed by atoms with Crippen LogP contribution in [0.3, 0.4) is 0 Å². The molecular weight excluding hydrogens is 237 g/mol. The summed E-state index contributed by atoms with van der Waals surface area (Å²) < 4.78 is 0. The van der Waals surface area contributed by atoms with Crippen molar-refractivity contribution in [1.29, 1.82) is 0 Å². The van der Waals surface area contributed by atoms with Crippen molar-refractivity contribution < 1.29 is 0 Å². The van der Waals surface area contributed by atoms with E-state index in [9.17, 15) is 0 Å². The maximum absolute atomic E-state index is 5.82. The molecule has 0 aliphatic rings. The summed E-state index contributed by atoms with van der Waals surface area (Å²) in [5.74, 6) is 0. The van der Waals surface area contributed by atoms with Gasteiger partial charge in [-0.25, -0.2) is 4.98 Å². The lowest BCUT2D eigenvalue weighted by Gasteiger charge is -2.05. The molecule has 0 saturated heterocycles. The van der Waals surface area contributed by atoms with E-state index >= 15 is 0 Å². The molecule has 2 N–H and O–H groups in total. The molecule has 0 atom stereocenters. The number of H-pyrrole nitrogens is 1. The molecule has 2 aromatic rings. The number of hydrogen-bond acceptors (Lipinski definition) is 4. The Morgan fingerprint density at radius 1 is 1.33 bits per heavy atom. The normalized spacial score (nSPS) is 10.3. The molecule has 0 saturated carbocycles. The number of aromatic nitrogens is 4. The Balaban J connectivity index is 2.07. The Labute approximate surface area is 95.8 Å². The number of hydrogen-bond donors (Lipinski definition) is 2. The fourth-order valence-corrected chi connectivity index (χ4v) is 1.35. The maximum Gasteiger partial charge on any atom is 0.174 e. The first kappa shape index (κ1) is 10.2. The van der Waals surface area contributed by atoms with Crippen LogP contribution in [0.2, 0.25) is 10.3 Å². The van der Waals surface area contributed by atoms with Gasteiger partial charge in [0.25, 0.3) is 0 Å². The number of anilines is 1. The molecule has 2 rings (SSSR count). The highest BCUT2D eigenvalue weighted by molar-refractivity contribution is 6.33. The van der Waals surface area contributed by atoms with Crippen LogP contribution in [0.4, 0.5) is 5.69 Å². The molecule has 0 unspecified atom stereocenters. The summed E-state index contributed by atoms with van der Waals surface area (Å²) in [7, 11) is 0. The molecule has 0 amide bonds. The highest BCUT2D eigenvalue weighted by Gasteiger charge is 2.03. The SMILES string of the molecule is Clc1cc(NCc2cnc[nH]2)c(Cl)nn1. The number of halogens is 2. The van der Waals surface area contributed by atoms with Gasteiger partial charge < -0.3 is 10.3 Å². The number of aromatic amines is 1. The number of nitrogens with one attached hydrogen (secondary N) is 2. The molecule has 15 heavy (non-hydrogen) atoms. The lowest BCUT2D eigenvalue weighted by molar-refractivity contribution is 1.01. The highest BCUT2D eigenvalue weighted by Crippen LogP contribution is 2.20. The Morgan fingerprint density at radius 2 is 2.20 bits per heavy atom. The topological polar surface area (TPSA) is 66.5 Å². The summed E-state index contributed by atoms with van der Waals surface area (Å²) in [5.41, 5.74) is 1.59. The second-order valence-corrected chi connectivity index (χ2v) is 3.55. The minimum Gasteiger partial charge on any atom is -0.377 e. The van der Waals surface area contributed by atoms with Crippen LogP contribution >= 0.6 is 23.2 Å². The lowest BCUT2D eigenvalue weighted by atomic mass is 10.4. The van der Waals surface area contributed by atoms with Crippen LogP contribution in [-0.4, -0.2) is 20.2 Å². The van der Waals surface area contributed by atoms with Crippen molar-refractivity contribution in [3.05, 3.63) is 34.6 Å². The van der Waals surface area contributed by atoms with E-state index in [1.54, 1.807) is 18.6 Å². The van der Waals surface area contributed by atoms with E-state index in [2.05, 4.69) is 25.5 Å². The van der Waals surface area contributed by atoms with Crippen molar-refractivity contribution in [2.75, 3.05) is 5.32 Å². The molecule has 2 aromatic heterocycles. The first-order valence-corrected chi connectivity index (χ1v) is 4.91. The van der Waals surface area contributed by atoms with Crippen LogP contribution in [-0.2, 0) is 6.54 Å². The fourth-order valence-electron chi connectivity index (χ4n) is 1.05. The summed E-state index contributed by atoms with van der Waals surface area (Å²) in [5, 5.41) is 10.9. The van der Waals surface area contributed by atoms with Gasteiger partial charge in [-0.05, 0) is 0 Å². The predicted molar refractivity (Wildman–Crippen MR) is 58.0 cm³/mol. The minimum atomic E-state index is 0.291. The Hall–Kier alpha value is -1.33. The van der Waals surface area contributed by atoms with Crippen molar-refractivity contribution in [2.45, 2.75) is 6.54 Å². The third kappa shape index (κ3) is 2.57. The largest absolute Gasteiger partial charge is 0.377 e. The summed E-state index contributed by atoms with van der Waals surface area (Å²) in [6, 6.07) is 1.62. The van der Waals surface area contributed by atoms with Crippen molar-refractivity contribution in [3.63, 3.8) is 0 Å². The quantitative estimate of drug-likeness (QED) is 0.867. The summed E-state index contributed by atoms with van der Waals surface area (Å²) >= 11 is 11.5. The van der Waals surface area contributed by atoms with E-state index < -0.39 is 0 Å². The maximum atomic E-state index is 5.82. The monoisotopic (exact) mass is 243 g/mol. The van der Waals surface area contributed by atoms with Gasteiger partial charge in [-0.15, -0.1) is 10.2 Å². The zero-order chi connectivity index (χ0) is 10.7. The summed E-state index contributed by atoms with van der Waals surface area (Å²) in [6.07, 6.45) is 3.33. The van der Waals surface area contributed by atoms with Gasteiger partial charge in [0.2, 0.25) is 0 Å². The zero-order valence-corrected chi connectivity index (χ0v) is 9.05. The number of nitrogens with zero attached hydrogens (tertiary/aromatic N) is 3. The van der Waals surface area contributed by atoms with Gasteiger partial charge in [0.15, 0.2) is 10.3 Å². The molecule has 78 valence electrons. The van der Waals surface area contributed by atoms with E-state index in [0.717, 1.165) is 5.69 Å². The van der Waals surface area contributed by atoms with Gasteiger partial charge in [-0.3, -0.25) is 0 Å². The Bertz CT molecular complexity index is 442. The van der Waals surface area contributed by atoms with E-state index in [1.807, 2.05) is 0 Å². The van der Waals surface area contributed by atoms with Crippen LogP contribution in [0.25, 0.3) is 0 Å². The lowest BCUT2D eigenvalue weighted by Crippen LogP contribution is -2.01.